The number of nitrogens with one attached hydrogen (secondary N) is 2. The maximum Gasteiger partial charge on any atom is 0.0535 e. The van der Waals surface area contributed by atoms with Crippen molar-refractivity contribution in [3.05, 3.63) is 17.5 Å². The van der Waals surface area contributed by atoms with Crippen molar-refractivity contribution in [3.8, 4) is 0 Å². The Labute approximate surface area is 97.4 Å². The van der Waals surface area contributed by atoms with Crippen LogP contribution in [0.4, 0.5) is 0 Å². The Morgan fingerprint density at radius 1 is 1.44 bits per heavy atom. The maximum atomic E-state index is 4.01. The average Bonchev–Trinajstić information content (AvgIpc) is 2.90. The zero-order chi connectivity index (χ0) is 11.2. The van der Waals surface area contributed by atoms with Crippen LogP contribution in [0.25, 0.3) is 0 Å². The lowest BCUT2D eigenvalue weighted by atomic mass is 10.2. The van der Waals surface area contributed by atoms with Crippen molar-refractivity contribution < 1.29 is 0 Å². The third-order valence-electron chi connectivity index (χ3n) is 3.28. The third kappa shape index (κ3) is 3.32. The van der Waals surface area contributed by atoms with Gasteiger partial charge in [-0.1, -0.05) is 0 Å². The van der Waals surface area contributed by atoms with E-state index in [-0.39, 0.29) is 0 Å². The highest BCUT2D eigenvalue weighted by Crippen LogP contribution is 2.07. The van der Waals surface area contributed by atoms with Crippen LogP contribution in [-0.2, 0) is 6.54 Å². The molecule has 0 saturated carbocycles. The fourth-order valence-electron chi connectivity index (χ4n) is 2.21. The number of hydrogen-bond acceptors (Lipinski definition) is 3. The molecule has 1 aromatic rings. The monoisotopic (exact) mass is 222 g/mol. The van der Waals surface area contributed by atoms with Crippen LogP contribution in [0.15, 0.2) is 6.20 Å². The average molecular weight is 222 g/mol. The molecule has 0 unspecified atom stereocenters. The molecule has 0 bridgehead atoms. The van der Waals surface area contributed by atoms with Gasteiger partial charge in [0, 0.05) is 17.8 Å². The molecule has 90 valence electrons. The smallest absolute Gasteiger partial charge is 0.0535 e. The molecule has 4 nitrogen and oxygen atoms in total. The summed E-state index contributed by atoms with van der Waals surface area (Å²) in [6.45, 7) is 7.96. The summed E-state index contributed by atoms with van der Waals surface area (Å²) in [6.07, 6.45) is 5.93. The summed E-state index contributed by atoms with van der Waals surface area (Å²) in [5.41, 5.74) is 2.45. The number of aromatic nitrogens is 2. The van der Waals surface area contributed by atoms with Gasteiger partial charge in [-0.05, 0) is 52.4 Å². The van der Waals surface area contributed by atoms with Gasteiger partial charge in [-0.15, -0.1) is 0 Å². The Balaban J connectivity index is 1.53. The molecule has 1 saturated heterocycles. The summed E-state index contributed by atoms with van der Waals surface area (Å²) in [5, 5.41) is 10.4. The van der Waals surface area contributed by atoms with E-state index in [4.69, 9.17) is 0 Å². The number of H-pyrrole nitrogens is 1. The first kappa shape index (κ1) is 11.6. The number of likely N-dealkylation sites (tertiary alicyclic amines) is 1. The molecule has 1 fully saturated rings. The number of nitrogens with zero attached hydrogens (tertiary/aromatic N) is 2. The lowest BCUT2D eigenvalue weighted by molar-refractivity contribution is 0.331. The zero-order valence-corrected chi connectivity index (χ0v) is 10.1. The van der Waals surface area contributed by atoms with Crippen LogP contribution in [0.1, 0.15) is 30.5 Å². The lowest BCUT2D eigenvalue weighted by Gasteiger charge is -2.14. The first-order valence-corrected chi connectivity index (χ1v) is 6.28. The van der Waals surface area contributed by atoms with Crippen LogP contribution < -0.4 is 5.32 Å². The maximum absolute atomic E-state index is 4.01. The van der Waals surface area contributed by atoms with Gasteiger partial charge in [0.2, 0.25) is 0 Å². The molecule has 4 heteroatoms. The topological polar surface area (TPSA) is 44.0 Å². The van der Waals surface area contributed by atoms with Crippen LogP contribution in [0.5, 0.6) is 0 Å². The van der Waals surface area contributed by atoms with E-state index < -0.39 is 0 Å². The molecule has 1 aliphatic heterocycles. The molecule has 1 aliphatic rings. The summed E-state index contributed by atoms with van der Waals surface area (Å²) in [4.78, 5) is 2.56. The molecule has 2 heterocycles. The molecule has 0 amide bonds. The Morgan fingerprint density at radius 2 is 2.25 bits per heavy atom. The molecule has 0 aliphatic carbocycles. The number of aryl methyl sites for hydroxylation is 1. The van der Waals surface area contributed by atoms with E-state index in [0.29, 0.717) is 0 Å². The van der Waals surface area contributed by atoms with Crippen LogP contribution in [0.2, 0.25) is 0 Å². The predicted molar refractivity (Wildman–Crippen MR) is 65.3 cm³/mol. The van der Waals surface area contributed by atoms with Gasteiger partial charge in [0.05, 0.1) is 6.20 Å². The van der Waals surface area contributed by atoms with Crippen LogP contribution >= 0.6 is 0 Å². The largest absolute Gasteiger partial charge is 0.312 e. The molecule has 0 atom stereocenters. The molecule has 16 heavy (non-hydrogen) atoms. The minimum atomic E-state index is 0.933. The van der Waals surface area contributed by atoms with Gasteiger partial charge in [-0.25, -0.2) is 0 Å². The fourth-order valence-corrected chi connectivity index (χ4v) is 2.21. The molecule has 1 aromatic heterocycles. The zero-order valence-electron chi connectivity index (χ0n) is 10.1. The number of hydrogen-bond donors (Lipinski definition) is 2. The Hall–Kier alpha value is -0.870. The van der Waals surface area contributed by atoms with Gasteiger partial charge >= 0.3 is 0 Å². The van der Waals surface area contributed by atoms with Gasteiger partial charge in [0.25, 0.3) is 0 Å². The Morgan fingerprint density at radius 3 is 2.94 bits per heavy atom. The highest BCUT2D eigenvalue weighted by molar-refractivity contribution is 5.13. The van der Waals surface area contributed by atoms with Crippen molar-refractivity contribution >= 4 is 0 Å². The first-order chi connectivity index (χ1) is 7.86. The van der Waals surface area contributed by atoms with E-state index in [1.165, 1.54) is 50.2 Å². The van der Waals surface area contributed by atoms with E-state index in [1.54, 1.807) is 0 Å². The molecular weight excluding hydrogens is 200 g/mol. The van der Waals surface area contributed by atoms with E-state index in [0.717, 1.165) is 13.1 Å². The second kappa shape index (κ2) is 6.01. The Kier molecular flexibility index (Phi) is 4.36. The second-order valence-electron chi connectivity index (χ2n) is 4.60. The summed E-state index contributed by atoms with van der Waals surface area (Å²) in [6, 6.07) is 0. The molecule has 0 radical (unpaired) electrons. The predicted octanol–water partition coefficient (Wildman–Crippen LogP) is 1.29. The van der Waals surface area contributed by atoms with Crippen molar-refractivity contribution in [2.75, 3.05) is 26.2 Å². The summed E-state index contributed by atoms with van der Waals surface area (Å²) < 4.78 is 0. The molecule has 0 aromatic carbocycles. The van der Waals surface area contributed by atoms with Crippen molar-refractivity contribution in [1.82, 2.24) is 20.4 Å². The van der Waals surface area contributed by atoms with Gasteiger partial charge in [0.1, 0.15) is 0 Å². The second-order valence-corrected chi connectivity index (χ2v) is 4.60. The number of aromatic amines is 1. The summed E-state index contributed by atoms with van der Waals surface area (Å²) in [7, 11) is 0. The summed E-state index contributed by atoms with van der Waals surface area (Å²) >= 11 is 0. The Bertz CT molecular complexity index is 302. The minimum Gasteiger partial charge on any atom is -0.312 e. The van der Waals surface area contributed by atoms with Gasteiger partial charge in [-0.2, -0.15) is 5.10 Å². The fraction of sp³-hybridized carbons (Fsp3) is 0.750. The molecular formula is C12H22N4. The van der Waals surface area contributed by atoms with Crippen molar-refractivity contribution in [2.24, 2.45) is 0 Å². The van der Waals surface area contributed by atoms with E-state index in [2.05, 4.69) is 27.3 Å². The van der Waals surface area contributed by atoms with Crippen molar-refractivity contribution in [2.45, 2.75) is 32.7 Å². The number of rotatable bonds is 6. The first-order valence-electron chi connectivity index (χ1n) is 6.28. The van der Waals surface area contributed by atoms with Crippen LogP contribution in [-0.4, -0.2) is 41.3 Å². The van der Waals surface area contributed by atoms with Crippen molar-refractivity contribution in [1.29, 1.82) is 0 Å². The molecule has 2 rings (SSSR count). The van der Waals surface area contributed by atoms with Gasteiger partial charge < -0.3 is 10.2 Å². The molecule has 2 N–H and O–H groups in total. The highest BCUT2D eigenvalue weighted by atomic mass is 15.1. The lowest BCUT2D eigenvalue weighted by Crippen LogP contribution is -2.24. The normalized spacial score (nSPS) is 17.1. The van der Waals surface area contributed by atoms with Crippen molar-refractivity contribution in [3.63, 3.8) is 0 Å². The summed E-state index contributed by atoms with van der Waals surface area (Å²) in [5.74, 6) is 0. The SMILES string of the molecule is Cc1[nH]ncc1CNCCCN1CCCC1. The quantitative estimate of drug-likeness (QED) is 0.713. The standard InChI is InChI=1S/C12H22N4/c1-11-12(10-14-15-11)9-13-5-4-8-16-6-2-3-7-16/h10,13H,2-9H2,1H3,(H,14,15). The van der Waals surface area contributed by atoms with Gasteiger partial charge in [-0.3, -0.25) is 5.10 Å². The van der Waals surface area contributed by atoms with E-state index >= 15 is 0 Å². The van der Waals surface area contributed by atoms with Crippen LogP contribution in [0.3, 0.4) is 0 Å². The third-order valence-corrected chi connectivity index (χ3v) is 3.28. The highest BCUT2D eigenvalue weighted by Gasteiger charge is 2.09. The van der Waals surface area contributed by atoms with Crippen LogP contribution in [0, 0.1) is 6.92 Å². The van der Waals surface area contributed by atoms with Gasteiger partial charge in [0.15, 0.2) is 0 Å². The van der Waals surface area contributed by atoms with E-state index in [9.17, 15) is 0 Å². The molecule has 0 spiro atoms. The minimum absolute atomic E-state index is 0.933. The van der Waals surface area contributed by atoms with E-state index in [1.807, 2.05) is 6.20 Å².